The van der Waals surface area contributed by atoms with Crippen LogP contribution in [0.3, 0.4) is 0 Å². The van der Waals surface area contributed by atoms with Crippen molar-refractivity contribution in [1.82, 2.24) is 10.2 Å². The molecule has 180 valence electrons. The Morgan fingerprint density at radius 2 is 1.76 bits per heavy atom. The molecule has 0 aliphatic carbocycles. The molecule has 2 aromatic carbocycles. The highest BCUT2D eigenvalue weighted by atomic mass is 32.2. The van der Waals surface area contributed by atoms with Gasteiger partial charge in [0.15, 0.2) is 9.84 Å². The Balaban J connectivity index is 1.74. The summed E-state index contributed by atoms with van der Waals surface area (Å²) < 4.78 is 78.4. The molecule has 7 nitrogen and oxygen atoms in total. The molecule has 1 unspecified atom stereocenters. The van der Waals surface area contributed by atoms with Gasteiger partial charge in [0.25, 0.3) is 5.91 Å². The van der Waals surface area contributed by atoms with Crippen molar-refractivity contribution >= 4 is 27.7 Å². The third-order valence-corrected chi connectivity index (χ3v) is 7.16. The Labute approximate surface area is 192 Å². The molecular formula is C22H20F4N4O3S. The molecule has 2 heterocycles. The number of halogens is 4. The number of sulfone groups is 1. The van der Waals surface area contributed by atoms with E-state index < -0.39 is 39.5 Å². The molecule has 3 N–H and O–H groups in total. The van der Waals surface area contributed by atoms with Gasteiger partial charge in [-0.25, -0.2) is 12.8 Å². The quantitative estimate of drug-likeness (QED) is 0.636. The third kappa shape index (κ3) is 4.97. The maximum atomic E-state index is 14.9. The van der Waals surface area contributed by atoms with Crippen LogP contribution < -0.4 is 11.1 Å². The van der Waals surface area contributed by atoms with Crippen LogP contribution in [0.5, 0.6) is 0 Å². The topological polar surface area (TPSA) is 105 Å². The molecular weight excluding hydrogens is 476 g/mol. The number of hydrogen-bond acceptors (Lipinski definition) is 6. The van der Waals surface area contributed by atoms with E-state index in [4.69, 9.17) is 5.73 Å². The second kappa shape index (κ2) is 8.84. The lowest BCUT2D eigenvalue weighted by Crippen LogP contribution is -2.43. The van der Waals surface area contributed by atoms with E-state index in [2.05, 4.69) is 10.3 Å². The zero-order chi connectivity index (χ0) is 24.7. The molecule has 2 aliphatic heterocycles. The van der Waals surface area contributed by atoms with Gasteiger partial charge in [-0.1, -0.05) is 12.1 Å². The lowest BCUT2D eigenvalue weighted by Gasteiger charge is -2.28. The molecule has 0 radical (unpaired) electrons. The second-order valence-corrected chi connectivity index (χ2v) is 10.2. The summed E-state index contributed by atoms with van der Waals surface area (Å²) >= 11 is 0. The number of nitrogens with zero attached hydrogens (tertiary/aromatic N) is 2. The fourth-order valence-corrected chi connectivity index (χ4v) is 4.89. The first-order valence-corrected chi connectivity index (χ1v) is 12.0. The van der Waals surface area contributed by atoms with Crippen LogP contribution in [0.1, 0.15) is 21.5 Å². The van der Waals surface area contributed by atoms with Crippen molar-refractivity contribution in [1.29, 1.82) is 0 Å². The summed E-state index contributed by atoms with van der Waals surface area (Å²) in [6, 6.07) is 6.64. The zero-order valence-corrected chi connectivity index (χ0v) is 18.5. The normalized spacial score (nSPS) is 20.0. The van der Waals surface area contributed by atoms with Crippen LogP contribution >= 0.6 is 0 Å². The lowest BCUT2D eigenvalue weighted by atomic mass is 9.95. The summed E-state index contributed by atoms with van der Waals surface area (Å²) in [5.41, 5.74) is 5.01. The van der Waals surface area contributed by atoms with E-state index >= 15 is 0 Å². The standard InChI is InChI=1S/C22H20F4N4O3S/c23-18-9-13(1-3-16(18)19-11-29-20(27)12-28-19)15-4-2-14(22(24,25)26)10-17(15)21(31)30-5-7-34(32,33)8-6-30/h1-4,9-12,20,29H,5-8,27H2. The van der Waals surface area contributed by atoms with E-state index in [0.29, 0.717) is 6.07 Å². The van der Waals surface area contributed by atoms with Gasteiger partial charge >= 0.3 is 6.18 Å². The van der Waals surface area contributed by atoms with Crippen LogP contribution in [0.4, 0.5) is 17.6 Å². The molecule has 4 rings (SSSR count). The van der Waals surface area contributed by atoms with Crippen LogP contribution in [-0.2, 0) is 16.0 Å². The number of nitrogens with two attached hydrogens (primary N) is 1. The van der Waals surface area contributed by atoms with Crippen molar-refractivity contribution in [2.45, 2.75) is 12.3 Å². The minimum atomic E-state index is -4.70. The molecule has 2 aliphatic rings. The van der Waals surface area contributed by atoms with E-state index in [1.807, 2.05) is 0 Å². The maximum Gasteiger partial charge on any atom is 0.416 e. The number of carbonyl (C=O) groups is 1. The highest BCUT2D eigenvalue weighted by molar-refractivity contribution is 7.91. The maximum absolute atomic E-state index is 14.9. The number of benzene rings is 2. The molecule has 12 heteroatoms. The van der Waals surface area contributed by atoms with E-state index in [-0.39, 0.29) is 52.5 Å². The summed E-state index contributed by atoms with van der Waals surface area (Å²) in [4.78, 5) is 18.4. The second-order valence-electron chi connectivity index (χ2n) is 7.90. The fraction of sp³-hybridized carbons (Fsp3) is 0.273. The Morgan fingerprint density at radius 1 is 1.09 bits per heavy atom. The predicted octanol–water partition coefficient (Wildman–Crippen LogP) is 2.64. The largest absolute Gasteiger partial charge is 0.416 e. The van der Waals surface area contributed by atoms with Crippen LogP contribution in [0.25, 0.3) is 16.8 Å². The van der Waals surface area contributed by atoms with Crippen molar-refractivity contribution in [3.05, 3.63) is 65.1 Å². The van der Waals surface area contributed by atoms with Gasteiger partial charge in [0, 0.05) is 36.6 Å². The highest BCUT2D eigenvalue weighted by Crippen LogP contribution is 2.35. The molecule has 1 amide bonds. The Morgan fingerprint density at radius 3 is 2.35 bits per heavy atom. The zero-order valence-electron chi connectivity index (χ0n) is 17.6. The number of carbonyl (C=O) groups excluding carboxylic acids is 1. The summed E-state index contributed by atoms with van der Waals surface area (Å²) in [5.74, 6) is -1.99. The average molecular weight is 496 g/mol. The SMILES string of the molecule is NC1C=NC(c2ccc(-c3ccc(C(F)(F)F)cc3C(=O)N3CCS(=O)(=O)CC3)cc2F)=CN1. The summed E-state index contributed by atoms with van der Waals surface area (Å²) in [7, 11) is -3.30. The molecule has 0 bridgehead atoms. The summed E-state index contributed by atoms with van der Waals surface area (Å²) in [6.07, 6.45) is -2.36. The van der Waals surface area contributed by atoms with E-state index in [9.17, 15) is 30.8 Å². The first-order valence-electron chi connectivity index (χ1n) is 10.2. The molecule has 0 saturated carbocycles. The molecule has 0 aromatic heterocycles. The van der Waals surface area contributed by atoms with Crippen LogP contribution in [0.2, 0.25) is 0 Å². The van der Waals surface area contributed by atoms with Crippen LogP contribution in [0, 0.1) is 5.82 Å². The van der Waals surface area contributed by atoms with Crippen molar-refractivity contribution in [2.75, 3.05) is 24.6 Å². The van der Waals surface area contributed by atoms with Gasteiger partial charge in [0.2, 0.25) is 0 Å². The smallest absolute Gasteiger partial charge is 0.370 e. The molecule has 1 fully saturated rings. The van der Waals surface area contributed by atoms with Gasteiger partial charge in [-0.3, -0.25) is 9.79 Å². The Kier molecular flexibility index (Phi) is 6.21. The molecule has 1 atom stereocenters. The Bertz CT molecular complexity index is 1290. The van der Waals surface area contributed by atoms with Gasteiger partial charge in [0.1, 0.15) is 12.0 Å². The van der Waals surface area contributed by atoms with Crippen LogP contribution in [0.15, 0.2) is 47.6 Å². The van der Waals surface area contributed by atoms with Crippen molar-refractivity contribution in [2.24, 2.45) is 10.7 Å². The number of alkyl halides is 3. The first-order chi connectivity index (χ1) is 15.9. The van der Waals surface area contributed by atoms with E-state index in [1.165, 1.54) is 29.4 Å². The average Bonchev–Trinajstić information content (AvgIpc) is 2.78. The van der Waals surface area contributed by atoms with Gasteiger partial charge in [-0.2, -0.15) is 13.2 Å². The predicted molar refractivity (Wildman–Crippen MR) is 119 cm³/mol. The lowest BCUT2D eigenvalue weighted by molar-refractivity contribution is -0.137. The van der Waals surface area contributed by atoms with E-state index in [0.717, 1.165) is 18.2 Å². The summed E-state index contributed by atoms with van der Waals surface area (Å²) in [5, 5.41) is 2.79. The minimum absolute atomic E-state index is 0.0955. The van der Waals surface area contributed by atoms with Gasteiger partial charge in [-0.05, 0) is 35.4 Å². The molecule has 1 saturated heterocycles. The number of amides is 1. The number of aliphatic imine (C=N–C) groups is 1. The van der Waals surface area contributed by atoms with Crippen molar-refractivity contribution in [3.8, 4) is 11.1 Å². The Hall–Kier alpha value is -3.25. The molecule has 2 aromatic rings. The van der Waals surface area contributed by atoms with Crippen molar-refractivity contribution < 1.29 is 30.8 Å². The van der Waals surface area contributed by atoms with Gasteiger partial charge in [0.05, 0.1) is 22.8 Å². The monoisotopic (exact) mass is 496 g/mol. The molecule has 0 spiro atoms. The number of rotatable bonds is 3. The number of hydrogen-bond donors (Lipinski definition) is 2. The fourth-order valence-electron chi connectivity index (χ4n) is 3.69. The first kappa shape index (κ1) is 23.9. The summed E-state index contributed by atoms with van der Waals surface area (Å²) in [6.45, 7) is -0.267. The number of nitrogens with one attached hydrogen (secondary N) is 1. The van der Waals surface area contributed by atoms with Gasteiger partial charge in [-0.15, -0.1) is 0 Å². The van der Waals surface area contributed by atoms with E-state index in [1.54, 1.807) is 0 Å². The third-order valence-electron chi connectivity index (χ3n) is 5.55. The molecule has 34 heavy (non-hydrogen) atoms. The van der Waals surface area contributed by atoms with Crippen LogP contribution in [-0.4, -0.2) is 56.2 Å². The minimum Gasteiger partial charge on any atom is -0.370 e. The highest BCUT2D eigenvalue weighted by Gasteiger charge is 2.33. The van der Waals surface area contributed by atoms with Crippen molar-refractivity contribution in [3.63, 3.8) is 0 Å². The van der Waals surface area contributed by atoms with Gasteiger partial charge < -0.3 is 16.0 Å².